The minimum atomic E-state index is -0.352. The van der Waals surface area contributed by atoms with Gasteiger partial charge in [-0.05, 0) is 19.1 Å². The van der Waals surface area contributed by atoms with E-state index in [-0.39, 0.29) is 12.0 Å². The highest BCUT2D eigenvalue weighted by Gasteiger charge is 2.24. The molecule has 1 aromatic rings. The molecule has 0 saturated carbocycles. The number of rotatable bonds is 4. The maximum atomic E-state index is 12.2. The first-order valence-electron chi connectivity index (χ1n) is 7.57. The second-order valence-electron chi connectivity index (χ2n) is 5.33. The summed E-state index contributed by atoms with van der Waals surface area (Å²) in [4.78, 5) is 23.3. The predicted octanol–water partition coefficient (Wildman–Crippen LogP) is 0.726. The van der Waals surface area contributed by atoms with E-state index in [9.17, 15) is 4.79 Å². The van der Waals surface area contributed by atoms with Gasteiger partial charge in [-0.25, -0.2) is 9.97 Å². The van der Waals surface area contributed by atoms with Crippen molar-refractivity contribution in [2.45, 2.75) is 24.1 Å². The Labute approximate surface area is 134 Å². The molecule has 0 aliphatic carbocycles. The van der Waals surface area contributed by atoms with E-state index in [2.05, 4.69) is 25.5 Å². The summed E-state index contributed by atoms with van der Waals surface area (Å²) < 4.78 is 5.41. The fourth-order valence-electron chi connectivity index (χ4n) is 2.62. The summed E-state index contributed by atoms with van der Waals surface area (Å²) in [7, 11) is 0. The van der Waals surface area contributed by atoms with E-state index in [1.807, 2.05) is 12.3 Å². The van der Waals surface area contributed by atoms with Crippen molar-refractivity contribution < 1.29 is 9.53 Å². The Bertz CT molecular complexity index is 530. The summed E-state index contributed by atoms with van der Waals surface area (Å²) in [5.74, 6) is 1.30. The van der Waals surface area contributed by atoms with Gasteiger partial charge in [0.1, 0.15) is 17.7 Å². The predicted molar refractivity (Wildman–Crippen MR) is 86.5 cm³/mol. The highest BCUT2D eigenvalue weighted by atomic mass is 32.2. The van der Waals surface area contributed by atoms with Gasteiger partial charge >= 0.3 is 0 Å². The van der Waals surface area contributed by atoms with E-state index in [0.29, 0.717) is 17.6 Å². The van der Waals surface area contributed by atoms with E-state index in [4.69, 9.17) is 4.74 Å². The van der Waals surface area contributed by atoms with Crippen molar-refractivity contribution in [3.05, 3.63) is 6.07 Å². The molecule has 1 aromatic heterocycles. The second kappa shape index (κ2) is 7.26. The number of anilines is 2. The Kier molecular flexibility index (Phi) is 5.12. The van der Waals surface area contributed by atoms with Gasteiger partial charge in [-0.2, -0.15) is 0 Å². The van der Waals surface area contributed by atoms with Crippen molar-refractivity contribution in [1.29, 1.82) is 0 Å². The molecular weight excluding hydrogens is 302 g/mol. The minimum Gasteiger partial charge on any atom is -0.368 e. The highest BCUT2D eigenvalue weighted by molar-refractivity contribution is 7.98. The van der Waals surface area contributed by atoms with Crippen molar-refractivity contribution in [3.63, 3.8) is 0 Å². The van der Waals surface area contributed by atoms with Crippen LogP contribution in [-0.2, 0) is 9.53 Å². The Morgan fingerprint density at radius 2 is 2.27 bits per heavy atom. The van der Waals surface area contributed by atoms with Crippen molar-refractivity contribution in [2.75, 3.05) is 49.3 Å². The number of ether oxygens (including phenoxy) is 1. The van der Waals surface area contributed by atoms with Crippen LogP contribution in [0.25, 0.3) is 0 Å². The average Bonchev–Trinajstić information content (AvgIpc) is 3.10. The molecule has 8 heteroatoms. The molecule has 0 aromatic carbocycles. The highest BCUT2D eigenvalue weighted by Crippen LogP contribution is 2.22. The largest absolute Gasteiger partial charge is 0.368 e. The molecule has 1 atom stereocenters. The zero-order valence-electron chi connectivity index (χ0n) is 12.7. The standard InChI is InChI=1S/C14H21N5O2S/c1-22-14-17-11(16-13(20)10-3-2-8-21-10)9-12(18-14)19-6-4-15-5-7-19/h9-10,15H,2-8H2,1H3,(H,16,17,18,20). The number of nitrogens with zero attached hydrogens (tertiary/aromatic N) is 3. The molecule has 2 aliphatic heterocycles. The van der Waals surface area contributed by atoms with Gasteiger partial charge in [0.25, 0.3) is 5.91 Å². The lowest BCUT2D eigenvalue weighted by atomic mass is 10.2. The maximum absolute atomic E-state index is 12.2. The molecular formula is C14H21N5O2S. The van der Waals surface area contributed by atoms with Crippen LogP contribution in [0.3, 0.4) is 0 Å². The average molecular weight is 323 g/mol. The molecule has 3 heterocycles. The van der Waals surface area contributed by atoms with Crippen LogP contribution in [0.5, 0.6) is 0 Å². The summed E-state index contributed by atoms with van der Waals surface area (Å²) in [6.45, 7) is 4.35. The molecule has 2 aliphatic rings. The van der Waals surface area contributed by atoms with E-state index in [0.717, 1.165) is 44.8 Å². The van der Waals surface area contributed by atoms with Gasteiger partial charge in [-0.3, -0.25) is 4.79 Å². The zero-order chi connectivity index (χ0) is 15.4. The van der Waals surface area contributed by atoms with Crippen molar-refractivity contribution in [3.8, 4) is 0 Å². The van der Waals surface area contributed by atoms with Crippen LogP contribution >= 0.6 is 11.8 Å². The Balaban J connectivity index is 1.76. The Morgan fingerprint density at radius 3 is 2.95 bits per heavy atom. The van der Waals surface area contributed by atoms with Crippen LogP contribution in [-0.4, -0.2) is 61.0 Å². The van der Waals surface area contributed by atoms with Gasteiger partial charge in [-0.15, -0.1) is 0 Å². The number of carbonyl (C=O) groups excluding carboxylic acids is 1. The molecule has 22 heavy (non-hydrogen) atoms. The van der Waals surface area contributed by atoms with Crippen LogP contribution in [0.1, 0.15) is 12.8 Å². The van der Waals surface area contributed by atoms with Crippen molar-refractivity contribution >= 4 is 29.3 Å². The first-order valence-corrected chi connectivity index (χ1v) is 8.80. The molecule has 3 rings (SSSR count). The topological polar surface area (TPSA) is 79.4 Å². The summed E-state index contributed by atoms with van der Waals surface area (Å²) in [5.41, 5.74) is 0. The molecule has 2 saturated heterocycles. The fourth-order valence-corrected chi connectivity index (χ4v) is 2.99. The molecule has 2 fully saturated rings. The maximum Gasteiger partial charge on any atom is 0.254 e. The summed E-state index contributed by atoms with van der Waals surface area (Å²) in [5, 5.41) is 6.85. The monoisotopic (exact) mass is 323 g/mol. The van der Waals surface area contributed by atoms with Crippen molar-refractivity contribution in [1.82, 2.24) is 15.3 Å². The number of nitrogens with one attached hydrogen (secondary N) is 2. The van der Waals surface area contributed by atoms with Gasteiger partial charge < -0.3 is 20.3 Å². The quantitative estimate of drug-likeness (QED) is 0.624. The summed E-state index contributed by atoms with van der Waals surface area (Å²) >= 11 is 1.47. The van der Waals surface area contributed by atoms with Crippen molar-refractivity contribution in [2.24, 2.45) is 0 Å². The van der Waals surface area contributed by atoms with Crippen LogP contribution in [0, 0.1) is 0 Å². The third-order valence-electron chi connectivity index (χ3n) is 3.79. The van der Waals surface area contributed by atoms with E-state index in [1.54, 1.807) is 0 Å². The zero-order valence-corrected chi connectivity index (χ0v) is 13.5. The number of piperazine rings is 1. The van der Waals surface area contributed by atoms with E-state index < -0.39 is 0 Å². The Hall–Kier alpha value is -1.38. The van der Waals surface area contributed by atoms with Gasteiger partial charge in [0.05, 0.1) is 0 Å². The molecule has 7 nitrogen and oxygen atoms in total. The lowest BCUT2D eigenvalue weighted by Crippen LogP contribution is -2.44. The smallest absolute Gasteiger partial charge is 0.254 e. The number of hydrogen-bond donors (Lipinski definition) is 2. The minimum absolute atomic E-state index is 0.116. The number of hydrogen-bond acceptors (Lipinski definition) is 7. The van der Waals surface area contributed by atoms with Gasteiger partial charge in [0.15, 0.2) is 5.16 Å². The Morgan fingerprint density at radius 1 is 1.45 bits per heavy atom. The SMILES string of the molecule is CSc1nc(NC(=O)C2CCCO2)cc(N2CCNCC2)n1. The lowest BCUT2D eigenvalue weighted by molar-refractivity contribution is -0.124. The normalized spacial score (nSPS) is 21.9. The first kappa shape index (κ1) is 15.5. The van der Waals surface area contributed by atoms with Gasteiger partial charge in [0.2, 0.25) is 0 Å². The first-order chi connectivity index (χ1) is 10.8. The molecule has 1 amide bonds. The molecule has 0 bridgehead atoms. The molecule has 1 unspecified atom stereocenters. The van der Waals surface area contributed by atoms with Crippen LogP contribution in [0.4, 0.5) is 11.6 Å². The third kappa shape index (κ3) is 3.68. The molecule has 0 radical (unpaired) electrons. The molecule has 2 N–H and O–H groups in total. The van der Waals surface area contributed by atoms with Crippen LogP contribution < -0.4 is 15.5 Å². The van der Waals surface area contributed by atoms with Crippen LogP contribution in [0.15, 0.2) is 11.2 Å². The fraction of sp³-hybridized carbons (Fsp3) is 0.643. The number of aromatic nitrogens is 2. The van der Waals surface area contributed by atoms with E-state index in [1.165, 1.54) is 11.8 Å². The molecule has 0 spiro atoms. The number of carbonyl (C=O) groups is 1. The van der Waals surface area contributed by atoms with Crippen LogP contribution in [0.2, 0.25) is 0 Å². The summed E-state index contributed by atoms with van der Waals surface area (Å²) in [6, 6.07) is 1.85. The van der Waals surface area contributed by atoms with E-state index >= 15 is 0 Å². The number of amides is 1. The second-order valence-corrected chi connectivity index (χ2v) is 6.10. The molecule has 120 valence electrons. The van der Waals surface area contributed by atoms with Gasteiger partial charge in [-0.1, -0.05) is 11.8 Å². The van der Waals surface area contributed by atoms with Gasteiger partial charge in [0, 0.05) is 38.9 Å². The number of thioether (sulfide) groups is 1. The lowest BCUT2D eigenvalue weighted by Gasteiger charge is -2.28. The third-order valence-corrected chi connectivity index (χ3v) is 4.34. The summed E-state index contributed by atoms with van der Waals surface area (Å²) in [6.07, 6.45) is 3.29.